The highest BCUT2D eigenvalue weighted by Gasteiger charge is 2.22. The molecule has 9 heteroatoms. The topological polar surface area (TPSA) is 109 Å². The van der Waals surface area contributed by atoms with Crippen molar-refractivity contribution in [1.82, 2.24) is 10.3 Å². The van der Waals surface area contributed by atoms with Gasteiger partial charge in [-0.05, 0) is 19.1 Å². The molecule has 136 valence electrons. The zero-order valence-corrected chi connectivity index (χ0v) is 14.8. The lowest BCUT2D eigenvalue weighted by atomic mass is 10.3. The summed E-state index contributed by atoms with van der Waals surface area (Å²) in [5.41, 5.74) is 0.611. The predicted octanol–water partition coefficient (Wildman–Crippen LogP) is 2.63. The Labute approximate surface area is 154 Å². The van der Waals surface area contributed by atoms with Crippen molar-refractivity contribution in [3.05, 3.63) is 54.1 Å². The Morgan fingerprint density at radius 3 is 2.73 bits per heavy atom. The molecule has 1 heterocycles. The molecule has 0 aliphatic rings. The van der Waals surface area contributed by atoms with Gasteiger partial charge in [-0.1, -0.05) is 24.3 Å². The number of aromatic nitrogens is 1. The molecule has 0 saturated carbocycles. The first kappa shape index (κ1) is 19.1. The molecule has 0 bridgehead atoms. The molecule has 1 atom stereocenters. The fourth-order valence-corrected chi connectivity index (χ4v) is 2.47. The minimum Gasteiger partial charge on any atom is -0.448 e. The number of amides is 3. The van der Waals surface area contributed by atoms with Crippen molar-refractivity contribution >= 4 is 40.1 Å². The van der Waals surface area contributed by atoms with Crippen molar-refractivity contribution in [2.75, 3.05) is 17.2 Å². The molecule has 8 nitrogen and oxygen atoms in total. The first-order valence-electron chi connectivity index (χ1n) is 7.67. The molecule has 0 spiro atoms. The van der Waals surface area contributed by atoms with E-state index in [1.165, 1.54) is 23.6 Å². The van der Waals surface area contributed by atoms with Crippen LogP contribution in [0.5, 0.6) is 0 Å². The maximum absolute atomic E-state index is 12.0. The summed E-state index contributed by atoms with van der Waals surface area (Å²) in [6, 6.07) is 7.92. The molecular formula is C17H18N4O4S. The summed E-state index contributed by atoms with van der Waals surface area (Å²) in [6.07, 6.45) is 0.502. The minimum atomic E-state index is -1.16. The van der Waals surface area contributed by atoms with Gasteiger partial charge >= 0.3 is 12.0 Å². The van der Waals surface area contributed by atoms with Gasteiger partial charge in [0, 0.05) is 17.6 Å². The van der Waals surface area contributed by atoms with Crippen LogP contribution in [0.2, 0.25) is 0 Å². The molecule has 0 saturated heterocycles. The third-order valence-corrected chi connectivity index (χ3v) is 3.83. The average Bonchev–Trinajstić information content (AvgIpc) is 3.09. The number of anilines is 2. The quantitative estimate of drug-likeness (QED) is 0.508. The van der Waals surface area contributed by atoms with E-state index in [4.69, 9.17) is 4.74 Å². The number of ether oxygens (including phenoxy) is 1. The van der Waals surface area contributed by atoms with Gasteiger partial charge in [0.1, 0.15) is 0 Å². The van der Waals surface area contributed by atoms with Crippen molar-refractivity contribution in [2.24, 2.45) is 0 Å². The van der Waals surface area contributed by atoms with Gasteiger partial charge in [0.15, 0.2) is 16.9 Å². The van der Waals surface area contributed by atoms with Crippen molar-refractivity contribution in [3.8, 4) is 0 Å². The van der Waals surface area contributed by atoms with Crippen LogP contribution in [0, 0.1) is 0 Å². The van der Waals surface area contributed by atoms with Gasteiger partial charge in [-0.2, -0.15) is 0 Å². The van der Waals surface area contributed by atoms with Gasteiger partial charge in [-0.15, -0.1) is 17.9 Å². The van der Waals surface area contributed by atoms with E-state index < -0.39 is 24.0 Å². The van der Waals surface area contributed by atoms with E-state index in [9.17, 15) is 14.4 Å². The van der Waals surface area contributed by atoms with Crippen LogP contribution >= 0.6 is 11.3 Å². The Hall–Kier alpha value is -3.20. The molecule has 1 aromatic carbocycles. The van der Waals surface area contributed by atoms with E-state index in [1.54, 1.807) is 36.4 Å². The van der Waals surface area contributed by atoms with Crippen LogP contribution in [0.3, 0.4) is 0 Å². The molecule has 0 aliphatic heterocycles. The molecule has 2 rings (SSSR count). The summed E-state index contributed by atoms with van der Waals surface area (Å²) in [5, 5.41) is 9.60. The molecule has 1 aromatic heterocycles. The number of esters is 1. The van der Waals surface area contributed by atoms with Gasteiger partial charge < -0.3 is 15.4 Å². The molecule has 2 aromatic rings. The lowest BCUT2D eigenvalue weighted by molar-refractivity contribution is -0.127. The Balaban J connectivity index is 1.83. The third-order valence-electron chi connectivity index (χ3n) is 3.03. The first-order valence-corrected chi connectivity index (χ1v) is 8.55. The van der Waals surface area contributed by atoms with Gasteiger partial charge in [0.25, 0.3) is 5.91 Å². The number of para-hydroxylation sites is 1. The van der Waals surface area contributed by atoms with Gasteiger partial charge in [-0.25, -0.2) is 14.6 Å². The maximum Gasteiger partial charge on any atom is 0.358 e. The van der Waals surface area contributed by atoms with E-state index in [1.807, 2.05) is 0 Å². The number of urea groups is 1. The normalized spacial score (nSPS) is 11.1. The third kappa shape index (κ3) is 5.71. The molecule has 26 heavy (non-hydrogen) atoms. The first-order chi connectivity index (χ1) is 12.5. The smallest absolute Gasteiger partial charge is 0.358 e. The lowest BCUT2D eigenvalue weighted by Gasteiger charge is -2.12. The Morgan fingerprint density at radius 1 is 1.31 bits per heavy atom. The van der Waals surface area contributed by atoms with Crippen LogP contribution in [0.25, 0.3) is 0 Å². The van der Waals surface area contributed by atoms with E-state index in [0.29, 0.717) is 17.4 Å². The number of carbonyl (C=O) groups is 3. The Morgan fingerprint density at radius 2 is 2.04 bits per heavy atom. The van der Waals surface area contributed by atoms with Crippen LogP contribution in [-0.4, -0.2) is 35.5 Å². The zero-order valence-electron chi connectivity index (χ0n) is 14.0. The van der Waals surface area contributed by atoms with E-state index in [-0.39, 0.29) is 5.69 Å². The summed E-state index contributed by atoms with van der Waals surface area (Å²) < 4.78 is 5.03. The van der Waals surface area contributed by atoms with Gasteiger partial charge in [0.05, 0.1) is 0 Å². The highest BCUT2D eigenvalue weighted by atomic mass is 32.1. The summed E-state index contributed by atoms with van der Waals surface area (Å²) in [4.78, 5) is 39.8. The van der Waals surface area contributed by atoms with Gasteiger partial charge in [0.2, 0.25) is 0 Å². The fraction of sp³-hybridized carbons (Fsp3) is 0.176. The van der Waals surface area contributed by atoms with Crippen LogP contribution in [-0.2, 0) is 9.53 Å². The number of thiazole rings is 1. The molecule has 3 N–H and O–H groups in total. The second kappa shape index (κ2) is 9.33. The monoisotopic (exact) mass is 374 g/mol. The fourth-order valence-electron chi connectivity index (χ4n) is 1.78. The number of hydrogen-bond acceptors (Lipinski definition) is 7. The SMILES string of the molecule is C=CCNc1nc(C(=O)OC(C)C(=O)NC(=O)Nc2ccccc2)cs1. The Kier molecular flexibility index (Phi) is 6.86. The summed E-state index contributed by atoms with van der Waals surface area (Å²) >= 11 is 1.23. The maximum atomic E-state index is 12.0. The van der Waals surface area contributed by atoms with E-state index in [0.717, 1.165) is 0 Å². The van der Waals surface area contributed by atoms with Crippen molar-refractivity contribution in [1.29, 1.82) is 0 Å². The highest BCUT2D eigenvalue weighted by Crippen LogP contribution is 2.16. The van der Waals surface area contributed by atoms with Crippen LogP contribution in [0.4, 0.5) is 15.6 Å². The van der Waals surface area contributed by atoms with Crippen molar-refractivity contribution in [3.63, 3.8) is 0 Å². The Bertz CT molecular complexity index is 791. The molecule has 0 aliphatic carbocycles. The van der Waals surface area contributed by atoms with Gasteiger partial charge in [-0.3, -0.25) is 10.1 Å². The number of rotatable bonds is 7. The highest BCUT2D eigenvalue weighted by molar-refractivity contribution is 7.13. The van der Waals surface area contributed by atoms with Crippen molar-refractivity contribution < 1.29 is 19.1 Å². The van der Waals surface area contributed by atoms with Crippen LogP contribution in [0.1, 0.15) is 17.4 Å². The second-order valence-electron chi connectivity index (χ2n) is 5.06. The molecule has 0 fully saturated rings. The summed E-state index contributed by atoms with van der Waals surface area (Å²) in [5.74, 6) is -1.49. The largest absolute Gasteiger partial charge is 0.448 e. The van der Waals surface area contributed by atoms with Crippen LogP contribution < -0.4 is 16.0 Å². The predicted molar refractivity (Wildman–Crippen MR) is 99.3 cm³/mol. The molecule has 3 amide bonds. The number of carbonyl (C=O) groups excluding carboxylic acids is 3. The van der Waals surface area contributed by atoms with E-state index in [2.05, 4.69) is 27.5 Å². The van der Waals surface area contributed by atoms with Crippen molar-refractivity contribution in [2.45, 2.75) is 13.0 Å². The number of benzene rings is 1. The second-order valence-corrected chi connectivity index (χ2v) is 5.92. The summed E-state index contributed by atoms with van der Waals surface area (Å²) in [7, 11) is 0. The van der Waals surface area contributed by atoms with Crippen LogP contribution in [0.15, 0.2) is 48.4 Å². The number of nitrogens with one attached hydrogen (secondary N) is 3. The molecule has 1 unspecified atom stereocenters. The number of imide groups is 1. The summed E-state index contributed by atoms with van der Waals surface area (Å²) in [6.45, 7) is 5.45. The number of hydrogen-bond donors (Lipinski definition) is 3. The standard InChI is InChI=1S/C17H18N4O4S/c1-3-9-18-17-20-13(10-26-17)15(23)25-11(2)14(22)21-16(24)19-12-7-5-4-6-8-12/h3-8,10-11H,1,9H2,2H3,(H,18,20)(H2,19,21,22,24). The average molecular weight is 374 g/mol. The zero-order chi connectivity index (χ0) is 18.9. The number of nitrogens with zero attached hydrogens (tertiary/aromatic N) is 1. The minimum absolute atomic E-state index is 0.0787. The lowest BCUT2D eigenvalue weighted by Crippen LogP contribution is -2.41. The molecule has 0 radical (unpaired) electrons. The van der Waals surface area contributed by atoms with E-state index >= 15 is 0 Å². The molecular weight excluding hydrogens is 356 g/mol.